The van der Waals surface area contributed by atoms with E-state index >= 15 is 0 Å². The van der Waals surface area contributed by atoms with E-state index in [4.69, 9.17) is 5.11 Å². The molecule has 0 spiro atoms. The third-order valence-electron chi connectivity index (χ3n) is 2.64. The van der Waals surface area contributed by atoms with Crippen LogP contribution in [0.25, 0.3) is 10.6 Å². The molecule has 90 valence electrons. The molecule has 2 aromatic rings. The number of aliphatic hydroxyl groups excluding tert-OH is 1. The molecule has 0 aromatic carbocycles. The van der Waals surface area contributed by atoms with Crippen LogP contribution in [0.15, 0.2) is 34.4 Å². The van der Waals surface area contributed by atoms with Gasteiger partial charge in [0.1, 0.15) is 0 Å². The van der Waals surface area contributed by atoms with Gasteiger partial charge in [0.15, 0.2) is 0 Å². The van der Waals surface area contributed by atoms with E-state index in [1.165, 1.54) is 0 Å². The van der Waals surface area contributed by atoms with Gasteiger partial charge in [-0.2, -0.15) is 0 Å². The molecule has 0 aliphatic rings. The summed E-state index contributed by atoms with van der Waals surface area (Å²) in [6.45, 7) is 2.52. The van der Waals surface area contributed by atoms with Crippen molar-refractivity contribution in [2.75, 3.05) is 0 Å². The lowest BCUT2D eigenvalue weighted by atomic mass is 10.2. The molecule has 0 fully saturated rings. The maximum atomic E-state index is 12.1. The highest BCUT2D eigenvalue weighted by Crippen LogP contribution is 2.23. The van der Waals surface area contributed by atoms with E-state index in [1.54, 1.807) is 22.0 Å². The van der Waals surface area contributed by atoms with Crippen molar-refractivity contribution in [2.45, 2.75) is 26.5 Å². The molecule has 2 heterocycles. The van der Waals surface area contributed by atoms with Crippen LogP contribution in [-0.4, -0.2) is 9.67 Å². The summed E-state index contributed by atoms with van der Waals surface area (Å²) in [5.74, 6) is 0. The van der Waals surface area contributed by atoms with Gasteiger partial charge in [0.25, 0.3) is 5.56 Å². The van der Waals surface area contributed by atoms with Gasteiger partial charge < -0.3 is 9.67 Å². The van der Waals surface area contributed by atoms with Gasteiger partial charge in [-0.1, -0.05) is 13.0 Å². The maximum absolute atomic E-state index is 12.1. The van der Waals surface area contributed by atoms with Crippen LogP contribution in [-0.2, 0) is 13.2 Å². The Kier molecular flexibility index (Phi) is 3.76. The van der Waals surface area contributed by atoms with Crippen LogP contribution < -0.4 is 5.56 Å². The van der Waals surface area contributed by atoms with E-state index in [0.29, 0.717) is 12.1 Å². The molecule has 0 bridgehead atoms. The molecule has 1 N–H and O–H groups in total. The fraction of sp³-hybridized carbons (Fsp3) is 0.308. The Hall–Kier alpha value is -1.39. The molecule has 0 saturated carbocycles. The van der Waals surface area contributed by atoms with Crippen molar-refractivity contribution in [1.29, 1.82) is 0 Å². The quantitative estimate of drug-likeness (QED) is 0.904. The van der Waals surface area contributed by atoms with Crippen LogP contribution in [0.2, 0.25) is 0 Å². The van der Waals surface area contributed by atoms with Gasteiger partial charge in [-0.05, 0) is 30.0 Å². The molecular weight excluding hydrogens is 234 g/mol. The zero-order valence-corrected chi connectivity index (χ0v) is 10.5. The third kappa shape index (κ3) is 2.33. The van der Waals surface area contributed by atoms with Gasteiger partial charge in [0.05, 0.1) is 17.2 Å². The summed E-state index contributed by atoms with van der Waals surface area (Å²) in [6.07, 6.45) is 0.896. The van der Waals surface area contributed by atoms with Crippen molar-refractivity contribution in [3.05, 3.63) is 45.6 Å². The zero-order valence-electron chi connectivity index (χ0n) is 9.72. The predicted octanol–water partition coefficient (Wildman–Crippen LogP) is 2.48. The van der Waals surface area contributed by atoms with E-state index in [0.717, 1.165) is 17.0 Å². The molecule has 2 aromatic heterocycles. The molecule has 17 heavy (non-hydrogen) atoms. The van der Waals surface area contributed by atoms with Crippen LogP contribution in [0.4, 0.5) is 0 Å². The lowest BCUT2D eigenvalue weighted by Crippen LogP contribution is -2.24. The molecule has 0 aliphatic carbocycles. The summed E-state index contributed by atoms with van der Waals surface area (Å²) in [5, 5.41) is 11.1. The molecule has 0 saturated heterocycles. The Morgan fingerprint density at radius 1 is 1.35 bits per heavy atom. The third-order valence-corrected chi connectivity index (χ3v) is 3.54. The van der Waals surface area contributed by atoms with Crippen molar-refractivity contribution in [3.8, 4) is 10.6 Å². The first-order valence-electron chi connectivity index (χ1n) is 5.65. The van der Waals surface area contributed by atoms with E-state index in [2.05, 4.69) is 0 Å². The van der Waals surface area contributed by atoms with Crippen molar-refractivity contribution >= 4 is 11.3 Å². The molecule has 4 heteroatoms. The maximum Gasteiger partial charge on any atom is 0.256 e. The number of rotatable bonds is 4. The van der Waals surface area contributed by atoms with Gasteiger partial charge in [0, 0.05) is 12.1 Å². The Balaban J connectivity index is 2.60. The largest absolute Gasteiger partial charge is 0.391 e. The lowest BCUT2D eigenvalue weighted by molar-refractivity contribution is 0.279. The molecule has 0 amide bonds. The van der Waals surface area contributed by atoms with Gasteiger partial charge in [-0.25, -0.2) is 0 Å². The molecular formula is C13H15NO2S. The SMILES string of the molecule is CCCn1c(-c2cccs2)ccc(CO)c1=O. The molecule has 0 aliphatic heterocycles. The van der Waals surface area contributed by atoms with E-state index < -0.39 is 0 Å². The summed E-state index contributed by atoms with van der Waals surface area (Å²) in [6, 6.07) is 7.60. The minimum atomic E-state index is -0.201. The lowest BCUT2D eigenvalue weighted by Gasteiger charge is -2.12. The normalized spacial score (nSPS) is 10.7. The zero-order chi connectivity index (χ0) is 12.3. The van der Waals surface area contributed by atoms with Gasteiger partial charge in [0.2, 0.25) is 0 Å². The van der Waals surface area contributed by atoms with Gasteiger partial charge in [-0.3, -0.25) is 4.79 Å². The Morgan fingerprint density at radius 3 is 2.76 bits per heavy atom. The van der Waals surface area contributed by atoms with E-state index in [9.17, 15) is 4.79 Å². The van der Waals surface area contributed by atoms with Gasteiger partial charge >= 0.3 is 0 Å². The number of hydrogen-bond acceptors (Lipinski definition) is 3. The van der Waals surface area contributed by atoms with Crippen molar-refractivity contribution < 1.29 is 5.11 Å². The smallest absolute Gasteiger partial charge is 0.256 e. The molecule has 2 rings (SSSR count). The number of thiophene rings is 1. The first-order valence-corrected chi connectivity index (χ1v) is 6.53. The number of pyridine rings is 1. The number of hydrogen-bond donors (Lipinski definition) is 1. The van der Waals surface area contributed by atoms with Crippen LogP contribution in [0.3, 0.4) is 0 Å². The number of aliphatic hydroxyl groups is 1. The monoisotopic (exact) mass is 249 g/mol. The highest BCUT2D eigenvalue weighted by Gasteiger charge is 2.09. The van der Waals surface area contributed by atoms with E-state index in [1.807, 2.05) is 30.5 Å². The first kappa shape index (κ1) is 12.1. The predicted molar refractivity (Wildman–Crippen MR) is 70.2 cm³/mol. The standard InChI is InChI=1S/C13H15NO2S/c1-2-7-14-11(12-4-3-8-17-12)6-5-10(9-15)13(14)16/h3-6,8,15H,2,7,9H2,1H3. The van der Waals surface area contributed by atoms with Crippen molar-refractivity contribution in [2.24, 2.45) is 0 Å². The molecule has 0 unspecified atom stereocenters. The fourth-order valence-electron chi connectivity index (χ4n) is 1.83. The summed E-state index contributed by atoms with van der Waals surface area (Å²) in [7, 11) is 0. The fourth-order valence-corrected chi connectivity index (χ4v) is 2.59. The second kappa shape index (κ2) is 5.29. The summed E-state index contributed by atoms with van der Waals surface area (Å²) >= 11 is 1.62. The minimum Gasteiger partial charge on any atom is -0.391 e. The Morgan fingerprint density at radius 2 is 2.18 bits per heavy atom. The second-order valence-corrected chi connectivity index (χ2v) is 4.78. The van der Waals surface area contributed by atoms with Crippen molar-refractivity contribution in [3.63, 3.8) is 0 Å². The Bertz CT molecular complexity index is 543. The first-order chi connectivity index (χ1) is 8.27. The molecule has 0 radical (unpaired) electrons. The highest BCUT2D eigenvalue weighted by atomic mass is 32.1. The molecule has 0 atom stereocenters. The molecule has 3 nitrogen and oxygen atoms in total. The van der Waals surface area contributed by atoms with E-state index in [-0.39, 0.29) is 12.2 Å². The van der Waals surface area contributed by atoms with Gasteiger partial charge in [-0.15, -0.1) is 11.3 Å². The van der Waals surface area contributed by atoms with Crippen LogP contribution in [0.5, 0.6) is 0 Å². The summed E-state index contributed by atoms with van der Waals surface area (Å²) in [5.41, 5.74) is 1.31. The van der Waals surface area contributed by atoms with Crippen molar-refractivity contribution in [1.82, 2.24) is 4.57 Å². The van der Waals surface area contributed by atoms with Crippen LogP contribution >= 0.6 is 11.3 Å². The highest BCUT2D eigenvalue weighted by molar-refractivity contribution is 7.13. The number of aromatic nitrogens is 1. The minimum absolute atomic E-state index is 0.0831. The Labute approximate surface area is 104 Å². The second-order valence-electron chi connectivity index (χ2n) is 3.84. The summed E-state index contributed by atoms with van der Waals surface area (Å²) < 4.78 is 1.75. The summed E-state index contributed by atoms with van der Waals surface area (Å²) in [4.78, 5) is 13.2. The topological polar surface area (TPSA) is 42.2 Å². The van der Waals surface area contributed by atoms with Crippen LogP contribution in [0.1, 0.15) is 18.9 Å². The average Bonchev–Trinajstić information content (AvgIpc) is 2.85. The average molecular weight is 249 g/mol. The van der Waals surface area contributed by atoms with Crippen LogP contribution in [0, 0.1) is 0 Å². The number of nitrogens with zero attached hydrogens (tertiary/aromatic N) is 1.